The van der Waals surface area contributed by atoms with Crippen molar-refractivity contribution in [3.63, 3.8) is 0 Å². The quantitative estimate of drug-likeness (QED) is 0.509. The predicted molar refractivity (Wildman–Crippen MR) is 125 cm³/mol. The normalized spacial score (nSPS) is 15.6. The maximum Gasteiger partial charge on any atom is 0.251 e. The highest BCUT2D eigenvalue weighted by Crippen LogP contribution is 2.29. The molecular weight excluding hydrogens is 400 g/mol. The van der Waals surface area contributed by atoms with E-state index >= 15 is 0 Å². The molecule has 2 aromatic heterocycles. The van der Waals surface area contributed by atoms with Crippen molar-refractivity contribution in [1.82, 2.24) is 19.7 Å². The van der Waals surface area contributed by atoms with Crippen LogP contribution in [-0.4, -0.2) is 33.4 Å². The van der Waals surface area contributed by atoms with Crippen molar-refractivity contribution in [2.45, 2.75) is 25.8 Å². The van der Waals surface area contributed by atoms with E-state index in [2.05, 4.69) is 55.8 Å². The summed E-state index contributed by atoms with van der Waals surface area (Å²) in [6.07, 6.45) is 9.44. The lowest BCUT2D eigenvalue weighted by Gasteiger charge is -2.28. The van der Waals surface area contributed by atoms with Gasteiger partial charge in [-0.25, -0.2) is 9.97 Å². The van der Waals surface area contributed by atoms with E-state index in [-0.39, 0.29) is 5.91 Å². The molecule has 2 aromatic carbocycles. The summed E-state index contributed by atoms with van der Waals surface area (Å²) in [6, 6.07) is 14.4. The third kappa shape index (κ3) is 3.26. The first kappa shape index (κ1) is 18.9. The molecular formula is C25H24N6O. The number of carbonyl (C=O) groups excluding carboxylic acids is 1. The summed E-state index contributed by atoms with van der Waals surface area (Å²) in [6.45, 7) is 2.84. The van der Waals surface area contributed by atoms with Gasteiger partial charge in [0.2, 0.25) is 0 Å². The van der Waals surface area contributed by atoms with Crippen molar-refractivity contribution in [3.05, 3.63) is 72.2 Å². The minimum Gasteiger partial charge on any atom is -0.372 e. The number of fused-ring (bicyclic) bond motifs is 2. The Morgan fingerprint density at radius 2 is 1.81 bits per heavy atom. The fourth-order valence-corrected chi connectivity index (χ4v) is 4.66. The topological polar surface area (TPSA) is 74.6 Å². The van der Waals surface area contributed by atoms with Gasteiger partial charge in [0.15, 0.2) is 11.5 Å². The molecule has 6 rings (SSSR count). The van der Waals surface area contributed by atoms with E-state index in [0.717, 1.165) is 46.8 Å². The van der Waals surface area contributed by atoms with Crippen molar-refractivity contribution >= 4 is 28.7 Å². The molecule has 0 aliphatic carbocycles. The summed E-state index contributed by atoms with van der Waals surface area (Å²) in [5, 5.41) is 6.29. The summed E-state index contributed by atoms with van der Waals surface area (Å²) in [4.78, 5) is 23.5. The number of nitrogens with one attached hydrogen (secondary N) is 2. The van der Waals surface area contributed by atoms with Gasteiger partial charge in [0, 0.05) is 54.5 Å². The van der Waals surface area contributed by atoms with Gasteiger partial charge >= 0.3 is 0 Å². The zero-order valence-corrected chi connectivity index (χ0v) is 17.7. The van der Waals surface area contributed by atoms with Crippen LogP contribution in [0.25, 0.3) is 16.9 Å². The van der Waals surface area contributed by atoms with E-state index in [1.165, 1.54) is 24.9 Å². The van der Waals surface area contributed by atoms with Crippen LogP contribution < -0.4 is 15.5 Å². The number of hydrogen-bond donors (Lipinski definition) is 2. The van der Waals surface area contributed by atoms with Crippen molar-refractivity contribution in [3.8, 4) is 11.3 Å². The van der Waals surface area contributed by atoms with E-state index in [4.69, 9.17) is 0 Å². The molecule has 2 N–H and O–H groups in total. The van der Waals surface area contributed by atoms with E-state index in [0.29, 0.717) is 12.4 Å². The molecule has 1 amide bonds. The van der Waals surface area contributed by atoms with Gasteiger partial charge in [-0.3, -0.25) is 9.20 Å². The fraction of sp³-hybridized carbons (Fsp3) is 0.240. The van der Waals surface area contributed by atoms with Crippen LogP contribution in [0, 0.1) is 0 Å². The number of aromatic nitrogens is 3. The van der Waals surface area contributed by atoms with Crippen LogP contribution in [0.4, 0.5) is 17.2 Å². The standard InChI is InChI=1S/C25H24N6O/c32-25-21-9-4-17(14-18(21)15-28-25)22-16-27-23(24-26-10-13-31(22)24)29-19-5-7-20(8-6-19)30-11-2-1-3-12-30/h4-10,13-14,16H,1-3,11-12,15H2,(H,27,29)(H,28,32). The second-order valence-electron chi connectivity index (χ2n) is 8.39. The smallest absolute Gasteiger partial charge is 0.251 e. The first-order valence-corrected chi connectivity index (χ1v) is 11.1. The van der Waals surface area contributed by atoms with E-state index < -0.39 is 0 Å². The van der Waals surface area contributed by atoms with E-state index in [1.54, 1.807) is 6.20 Å². The van der Waals surface area contributed by atoms with Crippen LogP contribution in [-0.2, 0) is 6.54 Å². The van der Waals surface area contributed by atoms with Crippen molar-refractivity contribution in [1.29, 1.82) is 0 Å². The fourth-order valence-electron chi connectivity index (χ4n) is 4.66. The number of carbonyl (C=O) groups is 1. The lowest BCUT2D eigenvalue weighted by Crippen LogP contribution is -2.29. The monoisotopic (exact) mass is 424 g/mol. The van der Waals surface area contributed by atoms with Gasteiger partial charge < -0.3 is 15.5 Å². The second-order valence-corrected chi connectivity index (χ2v) is 8.39. The number of nitrogens with zero attached hydrogens (tertiary/aromatic N) is 4. The molecule has 0 saturated carbocycles. The van der Waals surface area contributed by atoms with Crippen molar-refractivity contribution in [2.75, 3.05) is 23.3 Å². The van der Waals surface area contributed by atoms with Crippen molar-refractivity contribution < 1.29 is 4.79 Å². The van der Waals surface area contributed by atoms with E-state index in [9.17, 15) is 4.79 Å². The van der Waals surface area contributed by atoms with Gasteiger partial charge in [0.05, 0.1) is 11.9 Å². The summed E-state index contributed by atoms with van der Waals surface area (Å²) < 4.78 is 2.03. The molecule has 7 nitrogen and oxygen atoms in total. The van der Waals surface area contributed by atoms with Gasteiger partial charge in [0.25, 0.3) is 5.91 Å². The number of anilines is 3. The minimum atomic E-state index is -0.0108. The average molecular weight is 425 g/mol. The predicted octanol–water partition coefficient (Wildman–Crippen LogP) is 4.37. The van der Waals surface area contributed by atoms with Crippen LogP contribution in [0.5, 0.6) is 0 Å². The van der Waals surface area contributed by atoms with Crippen LogP contribution in [0.15, 0.2) is 61.1 Å². The molecule has 0 atom stereocenters. The number of amides is 1. The Morgan fingerprint density at radius 3 is 2.66 bits per heavy atom. The summed E-state index contributed by atoms with van der Waals surface area (Å²) in [7, 11) is 0. The molecule has 2 aliphatic heterocycles. The molecule has 4 aromatic rings. The highest BCUT2D eigenvalue weighted by molar-refractivity contribution is 5.98. The van der Waals surface area contributed by atoms with Gasteiger partial charge in [0.1, 0.15) is 0 Å². The lowest BCUT2D eigenvalue weighted by molar-refractivity contribution is 0.0966. The third-order valence-electron chi connectivity index (χ3n) is 6.36. The minimum absolute atomic E-state index is 0.0108. The largest absolute Gasteiger partial charge is 0.372 e. The Morgan fingerprint density at radius 1 is 0.969 bits per heavy atom. The molecule has 2 aliphatic rings. The number of hydrogen-bond acceptors (Lipinski definition) is 5. The molecule has 0 unspecified atom stereocenters. The Kier molecular flexibility index (Phi) is 4.52. The van der Waals surface area contributed by atoms with Crippen LogP contribution in [0.2, 0.25) is 0 Å². The summed E-state index contributed by atoms with van der Waals surface area (Å²) in [5.74, 6) is 0.700. The molecule has 0 bridgehead atoms. The molecule has 0 radical (unpaired) electrons. The summed E-state index contributed by atoms with van der Waals surface area (Å²) >= 11 is 0. The van der Waals surface area contributed by atoms with Crippen LogP contribution in [0.3, 0.4) is 0 Å². The number of piperidine rings is 1. The van der Waals surface area contributed by atoms with Gasteiger partial charge in [-0.05, 0) is 61.2 Å². The number of imidazole rings is 1. The summed E-state index contributed by atoms with van der Waals surface area (Å²) in [5.41, 5.74) is 6.72. The third-order valence-corrected chi connectivity index (χ3v) is 6.36. The highest BCUT2D eigenvalue weighted by Gasteiger charge is 2.20. The van der Waals surface area contributed by atoms with Gasteiger partial charge in [-0.2, -0.15) is 0 Å². The van der Waals surface area contributed by atoms with Gasteiger partial charge in [-0.1, -0.05) is 6.07 Å². The number of rotatable bonds is 4. The highest BCUT2D eigenvalue weighted by atomic mass is 16.1. The number of benzene rings is 2. The van der Waals surface area contributed by atoms with Gasteiger partial charge in [-0.15, -0.1) is 0 Å². The first-order chi connectivity index (χ1) is 15.8. The molecule has 0 spiro atoms. The molecule has 4 heterocycles. The van der Waals surface area contributed by atoms with Crippen LogP contribution in [0.1, 0.15) is 35.2 Å². The average Bonchev–Trinajstić information content (AvgIpc) is 3.48. The maximum absolute atomic E-state index is 11.9. The van der Waals surface area contributed by atoms with Crippen molar-refractivity contribution in [2.24, 2.45) is 0 Å². The lowest BCUT2D eigenvalue weighted by atomic mass is 10.0. The maximum atomic E-state index is 11.9. The zero-order valence-electron chi connectivity index (χ0n) is 17.7. The molecule has 1 saturated heterocycles. The second kappa shape index (κ2) is 7.67. The molecule has 1 fully saturated rings. The molecule has 32 heavy (non-hydrogen) atoms. The molecule has 160 valence electrons. The Hall–Kier alpha value is -3.87. The zero-order chi connectivity index (χ0) is 21.5. The van der Waals surface area contributed by atoms with E-state index in [1.807, 2.05) is 28.9 Å². The Balaban J connectivity index is 1.29. The van der Waals surface area contributed by atoms with Crippen LogP contribution >= 0.6 is 0 Å². The first-order valence-electron chi connectivity index (χ1n) is 11.1. The SMILES string of the molecule is O=C1NCc2cc(-c3cnc(Nc4ccc(N5CCCCC5)cc4)c4nccn34)ccc21. The molecule has 7 heteroatoms. The Labute approximate surface area is 186 Å². The Bertz CT molecular complexity index is 1300.